The maximum atomic E-state index is 10.6. The highest BCUT2D eigenvalue weighted by atomic mass is 16.7. The number of allylic oxidation sites excluding steroid dienone is 1. The number of ether oxygens (including phenoxy) is 2. The number of carbonyl (C=O) groups is 1. The van der Waals surface area contributed by atoms with Crippen LogP contribution in [0.4, 0.5) is 0 Å². The molecule has 0 aromatic rings. The maximum absolute atomic E-state index is 10.6. The van der Waals surface area contributed by atoms with Crippen LogP contribution in [-0.2, 0) is 14.3 Å². The van der Waals surface area contributed by atoms with E-state index in [9.17, 15) is 4.79 Å². The van der Waals surface area contributed by atoms with E-state index in [2.05, 4.69) is 0 Å². The lowest BCUT2D eigenvalue weighted by Gasteiger charge is -2.13. The van der Waals surface area contributed by atoms with Gasteiger partial charge in [-0.25, -0.2) is 0 Å². The summed E-state index contributed by atoms with van der Waals surface area (Å²) < 4.78 is 10.1. The zero-order chi connectivity index (χ0) is 10.3. The Morgan fingerprint density at radius 1 is 1.31 bits per heavy atom. The van der Waals surface area contributed by atoms with Crippen molar-refractivity contribution in [2.45, 2.75) is 33.0 Å². The molecule has 76 valence electrons. The molecule has 0 rings (SSSR count). The summed E-state index contributed by atoms with van der Waals surface area (Å²) >= 11 is 0. The molecule has 0 N–H and O–H groups in total. The molecule has 0 aliphatic heterocycles. The van der Waals surface area contributed by atoms with E-state index >= 15 is 0 Å². The van der Waals surface area contributed by atoms with Crippen LogP contribution in [0, 0.1) is 0 Å². The van der Waals surface area contributed by atoms with Gasteiger partial charge in [-0.1, -0.05) is 6.08 Å². The average molecular weight is 186 g/mol. The van der Waals surface area contributed by atoms with Gasteiger partial charge in [-0.15, -0.1) is 0 Å². The molecule has 3 heteroatoms. The third-order valence-corrected chi connectivity index (χ3v) is 1.76. The van der Waals surface area contributed by atoms with Crippen molar-refractivity contribution in [2.24, 2.45) is 0 Å². The Kier molecular flexibility index (Phi) is 6.45. The Bertz CT molecular complexity index is 181. The third-order valence-electron chi connectivity index (χ3n) is 1.76. The number of Topliss-reactive ketones (excluding diaryl/α,β-unsaturated/α-hetero) is 1. The minimum Gasteiger partial charge on any atom is -0.352 e. The van der Waals surface area contributed by atoms with Gasteiger partial charge in [0.1, 0.15) is 5.78 Å². The molecule has 0 bridgehead atoms. The first kappa shape index (κ1) is 12.3. The van der Waals surface area contributed by atoms with Gasteiger partial charge in [0.2, 0.25) is 0 Å². The molecule has 13 heavy (non-hydrogen) atoms. The second-order valence-electron chi connectivity index (χ2n) is 2.99. The van der Waals surface area contributed by atoms with Crippen molar-refractivity contribution in [1.29, 1.82) is 0 Å². The monoisotopic (exact) mass is 186 g/mol. The fraction of sp³-hybridized carbons (Fsp3) is 0.700. The molecule has 0 aliphatic carbocycles. The van der Waals surface area contributed by atoms with E-state index in [1.165, 1.54) is 0 Å². The Morgan fingerprint density at radius 3 is 2.23 bits per heavy atom. The molecule has 0 amide bonds. The van der Waals surface area contributed by atoms with Crippen LogP contribution in [0.25, 0.3) is 0 Å². The Labute approximate surface area is 79.7 Å². The standard InChI is InChI=1S/C10H18O3/c1-8(10(12-3)13-4)6-5-7-9(2)11/h6,10H,5,7H2,1-4H3/b8-6+. The second kappa shape index (κ2) is 6.80. The molecular weight excluding hydrogens is 168 g/mol. The second-order valence-corrected chi connectivity index (χ2v) is 2.99. The molecule has 0 heterocycles. The van der Waals surface area contributed by atoms with Crippen molar-refractivity contribution in [2.75, 3.05) is 14.2 Å². The van der Waals surface area contributed by atoms with E-state index in [-0.39, 0.29) is 12.1 Å². The number of hydrogen-bond acceptors (Lipinski definition) is 3. The van der Waals surface area contributed by atoms with Gasteiger partial charge in [0, 0.05) is 20.6 Å². The van der Waals surface area contributed by atoms with Crippen LogP contribution in [-0.4, -0.2) is 26.3 Å². The van der Waals surface area contributed by atoms with Gasteiger partial charge in [-0.2, -0.15) is 0 Å². The van der Waals surface area contributed by atoms with E-state index in [4.69, 9.17) is 9.47 Å². The maximum Gasteiger partial charge on any atom is 0.178 e. The zero-order valence-corrected chi connectivity index (χ0v) is 8.79. The Morgan fingerprint density at radius 2 is 1.85 bits per heavy atom. The first-order chi connectivity index (χ1) is 6.11. The van der Waals surface area contributed by atoms with Crippen LogP contribution in [0.5, 0.6) is 0 Å². The van der Waals surface area contributed by atoms with Crippen LogP contribution >= 0.6 is 0 Å². The lowest BCUT2D eigenvalue weighted by atomic mass is 10.2. The lowest BCUT2D eigenvalue weighted by Crippen LogP contribution is -2.14. The summed E-state index contributed by atoms with van der Waals surface area (Å²) in [4.78, 5) is 10.6. The summed E-state index contributed by atoms with van der Waals surface area (Å²) in [6.07, 6.45) is 3.02. The molecule has 0 saturated heterocycles. The van der Waals surface area contributed by atoms with Crippen molar-refractivity contribution in [1.82, 2.24) is 0 Å². The summed E-state index contributed by atoms with van der Waals surface area (Å²) in [5, 5.41) is 0. The molecule has 0 radical (unpaired) electrons. The highest BCUT2D eigenvalue weighted by molar-refractivity contribution is 5.75. The van der Waals surface area contributed by atoms with Crippen LogP contribution in [0.15, 0.2) is 11.6 Å². The summed E-state index contributed by atoms with van der Waals surface area (Å²) in [6, 6.07) is 0. The molecule has 0 spiro atoms. The summed E-state index contributed by atoms with van der Waals surface area (Å²) in [6.45, 7) is 3.52. The van der Waals surface area contributed by atoms with Gasteiger partial charge in [-0.05, 0) is 25.8 Å². The van der Waals surface area contributed by atoms with Crippen LogP contribution < -0.4 is 0 Å². The molecule has 0 fully saturated rings. The molecule has 0 aromatic heterocycles. The van der Waals surface area contributed by atoms with E-state index in [0.717, 1.165) is 12.0 Å². The smallest absolute Gasteiger partial charge is 0.178 e. The normalized spacial score (nSPS) is 12.2. The average Bonchev–Trinajstić information content (AvgIpc) is 2.05. The highest BCUT2D eigenvalue weighted by Crippen LogP contribution is 2.07. The Balaban J connectivity index is 3.91. The summed E-state index contributed by atoms with van der Waals surface area (Å²) in [7, 11) is 3.19. The van der Waals surface area contributed by atoms with Gasteiger partial charge >= 0.3 is 0 Å². The van der Waals surface area contributed by atoms with E-state index in [1.54, 1.807) is 21.1 Å². The van der Waals surface area contributed by atoms with Gasteiger partial charge in [0.15, 0.2) is 6.29 Å². The molecule has 0 saturated carbocycles. The first-order valence-electron chi connectivity index (χ1n) is 4.33. The third kappa shape index (κ3) is 5.55. The van der Waals surface area contributed by atoms with Crippen molar-refractivity contribution in [3.63, 3.8) is 0 Å². The largest absolute Gasteiger partial charge is 0.352 e. The predicted molar refractivity (Wildman–Crippen MR) is 51.5 cm³/mol. The molecule has 0 atom stereocenters. The van der Waals surface area contributed by atoms with Crippen molar-refractivity contribution in [3.8, 4) is 0 Å². The first-order valence-corrected chi connectivity index (χ1v) is 4.33. The molecule has 0 aliphatic rings. The van der Waals surface area contributed by atoms with Crippen molar-refractivity contribution < 1.29 is 14.3 Å². The molecule has 0 unspecified atom stereocenters. The number of rotatable bonds is 6. The quantitative estimate of drug-likeness (QED) is 0.469. The predicted octanol–water partition coefficient (Wildman–Crippen LogP) is 1.92. The summed E-state index contributed by atoms with van der Waals surface area (Å²) in [5.41, 5.74) is 1.01. The van der Waals surface area contributed by atoms with Crippen molar-refractivity contribution >= 4 is 5.78 Å². The van der Waals surface area contributed by atoms with Crippen molar-refractivity contribution in [3.05, 3.63) is 11.6 Å². The minimum atomic E-state index is -0.285. The number of ketones is 1. The van der Waals surface area contributed by atoms with E-state index in [0.29, 0.717) is 6.42 Å². The summed E-state index contributed by atoms with van der Waals surface area (Å²) in [5.74, 6) is 0.204. The van der Waals surface area contributed by atoms with Crippen LogP contribution in [0.3, 0.4) is 0 Å². The Hall–Kier alpha value is -0.670. The van der Waals surface area contributed by atoms with E-state index in [1.807, 2.05) is 13.0 Å². The molecule has 3 nitrogen and oxygen atoms in total. The fourth-order valence-corrected chi connectivity index (χ4v) is 1.07. The highest BCUT2D eigenvalue weighted by Gasteiger charge is 2.06. The van der Waals surface area contributed by atoms with Gasteiger partial charge in [0.05, 0.1) is 0 Å². The minimum absolute atomic E-state index is 0.204. The van der Waals surface area contributed by atoms with Crippen LogP contribution in [0.1, 0.15) is 26.7 Å². The molecular formula is C10H18O3. The zero-order valence-electron chi connectivity index (χ0n) is 8.79. The van der Waals surface area contributed by atoms with Gasteiger partial charge < -0.3 is 14.3 Å². The topological polar surface area (TPSA) is 35.5 Å². The number of carbonyl (C=O) groups excluding carboxylic acids is 1. The SMILES string of the molecule is COC(OC)/C(C)=C/CCC(C)=O. The van der Waals surface area contributed by atoms with E-state index < -0.39 is 0 Å². The van der Waals surface area contributed by atoms with Gasteiger partial charge in [0.25, 0.3) is 0 Å². The number of hydrogen-bond donors (Lipinski definition) is 0. The van der Waals surface area contributed by atoms with Gasteiger partial charge in [-0.3, -0.25) is 0 Å². The number of methoxy groups -OCH3 is 2. The van der Waals surface area contributed by atoms with Crippen LogP contribution in [0.2, 0.25) is 0 Å². The lowest BCUT2D eigenvalue weighted by molar-refractivity contribution is -0.116. The fourth-order valence-electron chi connectivity index (χ4n) is 1.07. The molecule has 0 aromatic carbocycles.